The third-order valence-corrected chi connectivity index (χ3v) is 9.90. The summed E-state index contributed by atoms with van der Waals surface area (Å²) >= 11 is 0. The fourth-order valence-electron chi connectivity index (χ4n) is 4.97. The number of rotatable bonds is 18. The Morgan fingerprint density at radius 2 is 0.979 bits per heavy atom. The van der Waals surface area contributed by atoms with Crippen LogP contribution in [0.2, 0.25) is 0 Å². The number of para-hydroxylation sites is 1. The Kier molecular flexibility index (Phi) is 14.6. The molecule has 0 aliphatic heterocycles. The Morgan fingerprint density at radius 1 is 0.532 bits per heavy atom. The van der Waals surface area contributed by atoms with E-state index in [1.807, 2.05) is 42.5 Å². The Bertz CT molecular complexity index is 1330. The largest absolute Gasteiger partial charge is 0.497 e. The predicted octanol–water partition coefficient (Wildman–Crippen LogP) is 6.06. The smallest absolute Gasteiger partial charge is 0.189 e. The molecule has 0 saturated carbocycles. The summed E-state index contributed by atoms with van der Waals surface area (Å²) in [7, 11) is 6.90. The molecule has 0 fully saturated rings. The second kappa shape index (κ2) is 17.9. The highest BCUT2D eigenvalue weighted by atomic mass is 31.1. The average Bonchev–Trinajstić information content (AvgIpc) is 3.04. The Morgan fingerprint density at radius 3 is 1.36 bits per heavy atom. The van der Waals surface area contributed by atoms with Crippen molar-refractivity contribution in [2.24, 2.45) is 0 Å². The van der Waals surface area contributed by atoms with E-state index in [-0.39, 0.29) is 24.4 Å². The molecule has 0 atom stereocenters. The van der Waals surface area contributed by atoms with Gasteiger partial charge in [0, 0.05) is 41.3 Å². The van der Waals surface area contributed by atoms with Gasteiger partial charge in [0.05, 0.1) is 47.8 Å². The number of hydrogen-bond donors (Lipinski definition) is 0. The second-order valence-corrected chi connectivity index (χ2v) is 15.0. The van der Waals surface area contributed by atoms with E-state index in [0.717, 1.165) is 44.3 Å². The summed E-state index contributed by atoms with van der Waals surface area (Å²) in [4.78, 5) is 0. The molecule has 3 aromatic carbocycles. The first-order valence-corrected chi connectivity index (χ1v) is 17.0. The SMILES string of the molecule is COCCOCOc1c(P(c2ccccc2OC)c2cc(OC)cc(C(C)(C)C)c2OCOCCOC)cc(OC)cc1C(C)(C)C. The summed E-state index contributed by atoms with van der Waals surface area (Å²) in [6.07, 6.45) is 0. The lowest BCUT2D eigenvalue weighted by atomic mass is 9.86. The molecule has 0 spiro atoms. The minimum Gasteiger partial charge on any atom is -0.497 e. The van der Waals surface area contributed by atoms with Gasteiger partial charge in [0.25, 0.3) is 0 Å². The zero-order valence-corrected chi connectivity index (χ0v) is 30.9. The molecule has 9 nitrogen and oxygen atoms in total. The van der Waals surface area contributed by atoms with E-state index in [4.69, 9.17) is 42.6 Å². The van der Waals surface area contributed by atoms with E-state index in [1.54, 1.807) is 35.5 Å². The zero-order chi connectivity index (χ0) is 34.6. The second-order valence-electron chi connectivity index (χ2n) is 12.9. The number of hydrogen-bond acceptors (Lipinski definition) is 9. The highest BCUT2D eigenvalue weighted by molar-refractivity contribution is 7.80. The van der Waals surface area contributed by atoms with Crippen LogP contribution >= 0.6 is 7.92 Å². The maximum Gasteiger partial charge on any atom is 0.189 e. The Labute approximate surface area is 282 Å². The van der Waals surface area contributed by atoms with Crippen molar-refractivity contribution in [2.45, 2.75) is 52.4 Å². The van der Waals surface area contributed by atoms with Gasteiger partial charge in [-0.2, -0.15) is 0 Å². The van der Waals surface area contributed by atoms with Crippen LogP contribution in [0.4, 0.5) is 0 Å². The van der Waals surface area contributed by atoms with Gasteiger partial charge in [0.1, 0.15) is 28.7 Å². The molecule has 0 heterocycles. The highest BCUT2D eigenvalue weighted by Crippen LogP contribution is 2.48. The first-order chi connectivity index (χ1) is 22.4. The van der Waals surface area contributed by atoms with E-state index < -0.39 is 7.92 Å². The Balaban J connectivity index is 2.46. The molecule has 260 valence electrons. The molecule has 47 heavy (non-hydrogen) atoms. The lowest BCUT2D eigenvalue weighted by Crippen LogP contribution is -2.29. The van der Waals surface area contributed by atoms with Crippen molar-refractivity contribution in [1.82, 2.24) is 0 Å². The minimum absolute atomic E-state index is 0.0446. The van der Waals surface area contributed by atoms with Gasteiger partial charge < -0.3 is 42.6 Å². The molecule has 0 N–H and O–H groups in total. The molecule has 0 aliphatic rings. The van der Waals surface area contributed by atoms with Crippen molar-refractivity contribution in [2.75, 3.05) is 75.6 Å². The summed E-state index contributed by atoms with van der Waals surface area (Å²) in [5.41, 5.74) is 1.36. The van der Waals surface area contributed by atoms with Gasteiger partial charge in [-0.15, -0.1) is 0 Å². The molecular weight excluding hydrogens is 619 g/mol. The molecule has 0 aliphatic carbocycles. The van der Waals surface area contributed by atoms with E-state index in [2.05, 4.69) is 47.6 Å². The summed E-state index contributed by atoms with van der Waals surface area (Å²) in [5, 5.41) is 2.81. The van der Waals surface area contributed by atoms with Crippen molar-refractivity contribution >= 4 is 23.8 Å². The van der Waals surface area contributed by atoms with Gasteiger partial charge in [-0.1, -0.05) is 59.7 Å². The van der Waals surface area contributed by atoms with Gasteiger partial charge in [0.15, 0.2) is 13.6 Å². The third-order valence-electron chi connectivity index (χ3n) is 7.42. The van der Waals surface area contributed by atoms with Crippen LogP contribution in [0.15, 0.2) is 48.5 Å². The quantitative estimate of drug-likeness (QED) is 0.0910. The van der Waals surface area contributed by atoms with Gasteiger partial charge in [-0.25, -0.2) is 0 Å². The van der Waals surface area contributed by atoms with E-state index >= 15 is 0 Å². The maximum absolute atomic E-state index is 6.59. The van der Waals surface area contributed by atoms with Gasteiger partial charge in [-0.05, 0) is 49.1 Å². The summed E-state index contributed by atoms with van der Waals surface area (Å²) in [5.74, 6) is 3.60. The maximum atomic E-state index is 6.59. The van der Waals surface area contributed by atoms with Crippen molar-refractivity contribution in [3.05, 3.63) is 59.7 Å². The molecule has 0 amide bonds. The van der Waals surface area contributed by atoms with Crippen molar-refractivity contribution < 1.29 is 42.6 Å². The fourth-order valence-corrected chi connectivity index (χ4v) is 7.66. The predicted molar refractivity (Wildman–Crippen MR) is 189 cm³/mol. The van der Waals surface area contributed by atoms with Crippen molar-refractivity contribution in [3.63, 3.8) is 0 Å². The lowest BCUT2D eigenvalue weighted by molar-refractivity contribution is -0.00873. The molecule has 3 rings (SSSR count). The normalized spacial score (nSPS) is 11.9. The van der Waals surface area contributed by atoms with Crippen LogP contribution in [0.1, 0.15) is 52.7 Å². The molecule has 0 radical (unpaired) electrons. The van der Waals surface area contributed by atoms with Crippen molar-refractivity contribution in [1.29, 1.82) is 0 Å². The first-order valence-electron chi connectivity index (χ1n) is 15.7. The lowest BCUT2D eigenvalue weighted by Gasteiger charge is -2.32. The molecule has 10 heteroatoms. The van der Waals surface area contributed by atoms with E-state index in [0.29, 0.717) is 37.9 Å². The van der Waals surface area contributed by atoms with Gasteiger partial charge in [0.2, 0.25) is 0 Å². The summed E-state index contributed by atoms with van der Waals surface area (Å²) in [6, 6.07) is 16.2. The monoisotopic (exact) mass is 672 g/mol. The average molecular weight is 673 g/mol. The number of ether oxygens (including phenoxy) is 9. The van der Waals surface area contributed by atoms with Crippen LogP contribution in [0, 0.1) is 0 Å². The van der Waals surface area contributed by atoms with E-state index in [1.165, 1.54) is 0 Å². The first kappa shape index (κ1) is 38.4. The minimum atomic E-state index is -1.44. The summed E-state index contributed by atoms with van der Waals surface area (Å²) in [6.45, 7) is 14.8. The molecule has 0 aromatic heterocycles. The zero-order valence-electron chi connectivity index (χ0n) is 30.0. The standard InChI is InChI=1S/C37H53O9P/c1-36(2,3)28-20-26(40-9)22-32(34(28)45-24-43-18-16-38-7)47(31-15-13-12-14-30(31)42-11)33-23-27(41-10)21-29(37(4,5)6)35(33)46-25-44-19-17-39-8/h12-15,20-23H,16-19,24-25H2,1-11H3. The molecule has 0 bridgehead atoms. The van der Waals surface area contributed by atoms with Crippen LogP contribution in [-0.2, 0) is 29.8 Å². The van der Waals surface area contributed by atoms with Crippen LogP contribution in [0.3, 0.4) is 0 Å². The van der Waals surface area contributed by atoms with Crippen LogP contribution in [0.25, 0.3) is 0 Å². The van der Waals surface area contributed by atoms with Gasteiger partial charge in [-0.3, -0.25) is 0 Å². The third kappa shape index (κ3) is 10.2. The number of methoxy groups -OCH3 is 5. The Hall–Kier alpha value is -3.07. The van der Waals surface area contributed by atoms with Crippen LogP contribution in [-0.4, -0.2) is 75.6 Å². The van der Waals surface area contributed by atoms with Crippen molar-refractivity contribution in [3.8, 4) is 28.7 Å². The van der Waals surface area contributed by atoms with Crippen LogP contribution < -0.4 is 39.6 Å². The molecule has 3 aromatic rings. The molecular formula is C37H53O9P. The molecule has 0 unspecified atom stereocenters. The van der Waals surface area contributed by atoms with Crippen LogP contribution in [0.5, 0.6) is 28.7 Å². The fraction of sp³-hybridized carbons (Fsp3) is 0.514. The highest BCUT2D eigenvalue weighted by Gasteiger charge is 2.34. The topological polar surface area (TPSA) is 83.1 Å². The van der Waals surface area contributed by atoms with Gasteiger partial charge >= 0.3 is 0 Å². The molecule has 0 saturated heterocycles. The number of benzene rings is 3. The summed E-state index contributed by atoms with van der Waals surface area (Å²) < 4.78 is 53.1. The van der Waals surface area contributed by atoms with E-state index in [9.17, 15) is 0 Å².